The molecule has 2 amide bonds. The molecule has 2 saturated heterocycles. The zero-order valence-electron chi connectivity index (χ0n) is 19.4. The molecular formula is C26H28N6O3. The number of hydrogen-bond donors (Lipinski definition) is 2. The van der Waals surface area contributed by atoms with Crippen LogP contribution < -0.4 is 10.6 Å². The van der Waals surface area contributed by atoms with E-state index in [1.807, 2.05) is 24.3 Å². The van der Waals surface area contributed by atoms with Crippen molar-refractivity contribution in [1.82, 2.24) is 20.4 Å². The Morgan fingerprint density at radius 2 is 1.11 bits per heavy atom. The van der Waals surface area contributed by atoms with Crippen LogP contribution >= 0.6 is 0 Å². The molecule has 2 heterocycles. The molecule has 2 aliphatic heterocycles. The second kappa shape index (κ2) is 11.6. The Kier molecular flexibility index (Phi) is 8.07. The minimum absolute atomic E-state index is 0.0415. The molecule has 0 radical (unpaired) electrons. The standard InChI is InChI=1S/C26H28N6O3/c27-9-19-1-5-21(6-2-19)11-29-25(33)17-31-13-23-15-32(16-24(14-31)35-23)18-26(34)30-12-22-7-3-20(10-28)4-8-22/h1-8,23-24H,11-18H2,(H,29,33)(H,30,34). The number of morpholine rings is 2. The minimum Gasteiger partial charge on any atom is -0.370 e. The van der Waals surface area contributed by atoms with Gasteiger partial charge >= 0.3 is 0 Å². The first kappa shape index (κ1) is 24.4. The van der Waals surface area contributed by atoms with Gasteiger partial charge in [-0.05, 0) is 35.4 Å². The Labute approximate surface area is 204 Å². The summed E-state index contributed by atoms with van der Waals surface area (Å²) < 4.78 is 6.05. The van der Waals surface area contributed by atoms with Gasteiger partial charge in [0, 0.05) is 39.3 Å². The lowest BCUT2D eigenvalue weighted by Gasteiger charge is -2.45. The number of nitriles is 2. The molecule has 2 aliphatic rings. The minimum atomic E-state index is -0.0478. The molecule has 0 atom stereocenters. The monoisotopic (exact) mass is 472 g/mol. The second-order valence-electron chi connectivity index (χ2n) is 8.94. The van der Waals surface area contributed by atoms with Crippen molar-refractivity contribution in [2.45, 2.75) is 25.3 Å². The van der Waals surface area contributed by atoms with Crippen LogP contribution in [0.4, 0.5) is 0 Å². The van der Waals surface area contributed by atoms with Gasteiger partial charge in [-0.3, -0.25) is 19.4 Å². The van der Waals surface area contributed by atoms with Gasteiger partial charge in [-0.1, -0.05) is 24.3 Å². The van der Waals surface area contributed by atoms with Crippen LogP contribution in [-0.4, -0.2) is 73.1 Å². The number of ether oxygens (including phenoxy) is 1. The fraction of sp³-hybridized carbons (Fsp3) is 0.385. The highest BCUT2D eigenvalue weighted by Crippen LogP contribution is 2.19. The van der Waals surface area contributed by atoms with E-state index >= 15 is 0 Å². The van der Waals surface area contributed by atoms with Gasteiger partial charge in [0.05, 0.1) is 48.6 Å². The molecule has 2 bridgehead atoms. The quantitative estimate of drug-likeness (QED) is 0.581. The summed E-state index contributed by atoms with van der Waals surface area (Å²) in [6.45, 7) is 4.03. The Balaban J connectivity index is 1.17. The number of nitrogens with zero attached hydrogens (tertiary/aromatic N) is 4. The SMILES string of the molecule is N#Cc1ccc(CNC(=O)CN2CC3CN(CC(=O)NCc4ccc(C#N)cc4)CC(C2)O3)cc1. The molecule has 35 heavy (non-hydrogen) atoms. The summed E-state index contributed by atoms with van der Waals surface area (Å²) in [5.74, 6) is -0.0956. The Morgan fingerprint density at radius 1 is 0.743 bits per heavy atom. The molecule has 2 aromatic rings. The molecule has 2 fully saturated rings. The van der Waals surface area contributed by atoms with Crippen molar-refractivity contribution in [3.63, 3.8) is 0 Å². The highest BCUT2D eigenvalue weighted by molar-refractivity contribution is 5.78. The lowest BCUT2D eigenvalue weighted by atomic mass is 10.1. The van der Waals surface area contributed by atoms with Crippen LogP contribution in [0.3, 0.4) is 0 Å². The summed E-state index contributed by atoms with van der Waals surface area (Å²) >= 11 is 0. The zero-order valence-corrected chi connectivity index (χ0v) is 19.4. The van der Waals surface area contributed by atoms with Crippen LogP contribution in [0.15, 0.2) is 48.5 Å². The lowest BCUT2D eigenvalue weighted by molar-refractivity contribution is -0.148. The number of fused-ring (bicyclic) bond motifs is 2. The van der Waals surface area contributed by atoms with Crippen molar-refractivity contribution in [2.24, 2.45) is 0 Å². The molecule has 9 nitrogen and oxygen atoms in total. The molecule has 9 heteroatoms. The first-order chi connectivity index (χ1) is 17.0. The Morgan fingerprint density at radius 3 is 1.46 bits per heavy atom. The van der Waals surface area contributed by atoms with E-state index in [0.717, 1.165) is 11.1 Å². The van der Waals surface area contributed by atoms with E-state index in [2.05, 4.69) is 32.6 Å². The van der Waals surface area contributed by atoms with E-state index in [-0.39, 0.29) is 24.0 Å². The van der Waals surface area contributed by atoms with Crippen molar-refractivity contribution in [3.8, 4) is 12.1 Å². The maximum absolute atomic E-state index is 12.4. The number of amides is 2. The molecule has 0 saturated carbocycles. The van der Waals surface area contributed by atoms with Gasteiger partial charge in [0.1, 0.15) is 0 Å². The van der Waals surface area contributed by atoms with E-state index in [1.54, 1.807) is 24.3 Å². The molecular weight excluding hydrogens is 444 g/mol. The molecule has 2 aromatic carbocycles. The molecule has 2 N–H and O–H groups in total. The fourth-order valence-corrected chi connectivity index (χ4v) is 4.43. The highest BCUT2D eigenvalue weighted by Gasteiger charge is 2.35. The third kappa shape index (κ3) is 7.11. The van der Waals surface area contributed by atoms with Crippen molar-refractivity contribution in [3.05, 3.63) is 70.8 Å². The van der Waals surface area contributed by atoms with E-state index in [1.165, 1.54) is 0 Å². The molecule has 4 rings (SSSR count). The van der Waals surface area contributed by atoms with Gasteiger partial charge < -0.3 is 15.4 Å². The van der Waals surface area contributed by atoms with Crippen LogP contribution in [0, 0.1) is 22.7 Å². The van der Waals surface area contributed by atoms with E-state index in [4.69, 9.17) is 15.3 Å². The highest BCUT2D eigenvalue weighted by atomic mass is 16.5. The second-order valence-corrected chi connectivity index (χ2v) is 8.94. The van der Waals surface area contributed by atoms with Crippen LogP contribution in [-0.2, 0) is 27.4 Å². The van der Waals surface area contributed by atoms with Crippen LogP contribution in [0.1, 0.15) is 22.3 Å². The molecule has 0 aromatic heterocycles. The largest absolute Gasteiger partial charge is 0.370 e. The van der Waals surface area contributed by atoms with Crippen molar-refractivity contribution in [1.29, 1.82) is 10.5 Å². The van der Waals surface area contributed by atoms with E-state index in [9.17, 15) is 9.59 Å². The van der Waals surface area contributed by atoms with Gasteiger partial charge in [0.15, 0.2) is 0 Å². The first-order valence-corrected chi connectivity index (χ1v) is 11.6. The number of nitrogens with one attached hydrogen (secondary N) is 2. The maximum atomic E-state index is 12.4. The zero-order chi connectivity index (χ0) is 24.6. The number of benzene rings is 2. The van der Waals surface area contributed by atoms with Crippen LogP contribution in [0.25, 0.3) is 0 Å². The molecule has 0 spiro atoms. The van der Waals surface area contributed by atoms with Crippen LogP contribution in [0.2, 0.25) is 0 Å². The molecule has 180 valence electrons. The number of carbonyl (C=O) groups excluding carboxylic acids is 2. The average molecular weight is 473 g/mol. The maximum Gasteiger partial charge on any atom is 0.234 e. The smallest absolute Gasteiger partial charge is 0.234 e. The first-order valence-electron chi connectivity index (χ1n) is 11.6. The number of carbonyl (C=O) groups is 2. The van der Waals surface area contributed by atoms with Crippen molar-refractivity contribution < 1.29 is 14.3 Å². The van der Waals surface area contributed by atoms with E-state index < -0.39 is 0 Å². The Hall–Kier alpha value is -3.76. The lowest BCUT2D eigenvalue weighted by Crippen LogP contribution is -2.61. The number of hydrogen-bond acceptors (Lipinski definition) is 7. The predicted octanol–water partition coefficient (Wildman–Crippen LogP) is 0.748. The third-order valence-electron chi connectivity index (χ3n) is 6.11. The van der Waals surface area contributed by atoms with Crippen molar-refractivity contribution in [2.75, 3.05) is 39.3 Å². The number of rotatable bonds is 8. The van der Waals surface area contributed by atoms with Gasteiger partial charge in [0.25, 0.3) is 0 Å². The fourth-order valence-electron chi connectivity index (χ4n) is 4.43. The summed E-state index contributed by atoms with van der Waals surface area (Å²) in [7, 11) is 0. The van der Waals surface area contributed by atoms with Crippen LogP contribution in [0.5, 0.6) is 0 Å². The van der Waals surface area contributed by atoms with Crippen molar-refractivity contribution >= 4 is 11.8 Å². The topological polar surface area (TPSA) is 121 Å². The molecule has 0 unspecified atom stereocenters. The van der Waals surface area contributed by atoms with Gasteiger partial charge in [-0.25, -0.2) is 0 Å². The third-order valence-corrected chi connectivity index (χ3v) is 6.11. The van der Waals surface area contributed by atoms with Gasteiger partial charge in [0.2, 0.25) is 11.8 Å². The summed E-state index contributed by atoms with van der Waals surface area (Å²) in [6, 6.07) is 18.5. The van der Waals surface area contributed by atoms with Gasteiger partial charge in [-0.2, -0.15) is 10.5 Å². The van der Waals surface area contributed by atoms with Gasteiger partial charge in [-0.15, -0.1) is 0 Å². The summed E-state index contributed by atoms with van der Waals surface area (Å²) in [4.78, 5) is 29.1. The van der Waals surface area contributed by atoms with E-state index in [0.29, 0.717) is 63.5 Å². The average Bonchev–Trinajstić information content (AvgIpc) is 2.86. The molecule has 0 aliphatic carbocycles. The summed E-state index contributed by atoms with van der Waals surface area (Å²) in [5.41, 5.74) is 3.09. The predicted molar refractivity (Wildman–Crippen MR) is 128 cm³/mol. The Bertz CT molecular complexity index is 1020. The summed E-state index contributed by atoms with van der Waals surface area (Å²) in [5, 5.41) is 23.6. The normalized spacial score (nSPS) is 19.8. The summed E-state index contributed by atoms with van der Waals surface area (Å²) in [6.07, 6.45) is -0.0831.